The summed E-state index contributed by atoms with van der Waals surface area (Å²) in [6, 6.07) is 8.80. The second kappa shape index (κ2) is 8.74. The molecule has 2 aromatic rings. The lowest BCUT2D eigenvalue weighted by atomic mass is 10.1. The molecule has 140 valence electrons. The Morgan fingerprint density at radius 3 is 2.81 bits per heavy atom. The molecule has 1 heterocycles. The zero-order valence-corrected chi connectivity index (χ0v) is 15.7. The molecule has 3 rings (SSSR count). The van der Waals surface area contributed by atoms with E-state index >= 15 is 0 Å². The summed E-state index contributed by atoms with van der Waals surface area (Å²) in [6.45, 7) is 0.943. The SMILES string of the molecule is CN(C)C(=O)CN=C(NCCc1c[nH]c2ccccc12)NC1CCCC1. The van der Waals surface area contributed by atoms with Crippen LogP contribution in [-0.4, -0.2) is 55.0 Å². The predicted octanol–water partition coefficient (Wildman–Crippen LogP) is 2.28. The van der Waals surface area contributed by atoms with E-state index in [1.54, 1.807) is 19.0 Å². The first-order chi connectivity index (χ1) is 12.6. The minimum Gasteiger partial charge on any atom is -0.361 e. The number of fused-ring (bicyclic) bond motifs is 1. The van der Waals surface area contributed by atoms with Crippen LogP contribution in [0.2, 0.25) is 0 Å². The van der Waals surface area contributed by atoms with Gasteiger partial charge < -0.3 is 20.5 Å². The molecule has 0 spiro atoms. The third kappa shape index (κ3) is 4.77. The Labute approximate surface area is 155 Å². The van der Waals surface area contributed by atoms with E-state index in [1.165, 1.54) is 36.6 Å². The number of nitrogens with zero attached hydrogens (tertiary/aromatic N) is 2. The summed E-state index contributed by atoms with van der Waals surface area (Å²) < 4.78 is 0. The number of H-pyrrole nitrogens is 1. The van der Waals surface area contributed by atoms with Crippen molar-refractivity contribution in [3.63, 3.8) is 0 Å². The summed E-state index contributed by atoms with van der Waals surface area (Å²) in [7, 11) is 3.51. The van der Waals surface area contributed by atoms with E-state index in [0.29, 0.717) is 6.04 Å². The third-order valence-electron chi connectivity index (χ3n) is 4.93. The van der Waals surface area contributed by atoms with E-state index in [4.69, 9.17) is 0 Å². The molecule has 0 aliphatic heterocycles. The van der Waals surface area contributed by atoms with Gasteiger partial charge in [0.25, 0.3) is 0 Å². The maximum absolute atomic E-state index is 11.9. The van der Waals surface area contributed by atoms with E-state index in [0.717, 1.165) is 24.4 Å². The third-order valence-corrected chi connectivity index (χ3v) is 4.93. The summed E-state index contributed by atoms with van der Waals surface area (Å²) in [5, 5.41) is 8.15. The number of carbonyl (C=O) groups is 1. The molecular formula is C20H29N5O. The Hall–Kier alpha value is -2.50. The van der Waals surface area contributed by atoms with Crippen molar-refractivity contribution >= 4 is 22.8 Å². The summed E-state index contributed by atoms with van der Waals surface area (Å²) >= 11 is 0. The topological polar surface area (TPSA) is 72.5 Å². The highest BCUT2D eigenvalue weighted by Gasteiger charge is 2.16. The maximum Gasteiger partial charge on any atom is 0.243 e. The van der Waals surface area contributed by atoms with Crippen molar-refractivity contribution < 1.29 is 4.79 Å². The van der Waals surface area contributed by atoms with Crippen LogP contribution < -0.4 is 10.6 Å². The van der Waals surface area contributed by atoms with E-state index < -0.39 is 0 Å². The molecule has 0 saturated heterocycles. The van der Waals surface area contributed by atoms with Gasteiger partial charge in [0, 0.05) is 43.8 Å². The molecule has 0 bridgehead atoms. The second-order valence-corrected chi connectivity index (χ2v) is 7.11. The first-order valence-corrected chi connectivity index (χ1v) is 9.43. The minimum atomic E-state index is 0.00847. The Morgan fingerprint density at radius 2 is 2.04 bits per heavy atom. The number of benzene rings is 1. The molecule has 1 fully saturated rings. The van der Waals surface area contributed by atoms with Crippen LogP contribution in [0.1, 0.15) is 31.2 Å². The Balaban J connectivity index is 1.59. The van der Waals surface area contributed by atoms with Crippen LogP contribution in [0.4, 0.5) is 0 Å². The van der Waals surface area contributed by atoms with Crippen molar-refractivity contribution in [1.29, 1.82) is 0 Å². The predicted molar refractivity (Wildman–Crippen MR) is 106 cm³/mol. The number of aromatic nitrogens is 1. The van der Waals surface area contributed by atoms with Gasteiger partial charge in [-0.05, 0) is 30.9 Å². The standard InChI is InChI=1S/C20H29N5O/c1-25(2)19(26)14-23-20(24-16-7-3-4-8-16)21-12-11-15-13-22-18-10-6-5-9-17(15)18/h5-6,9-10,13,16,22H,3-4,7-8,11-12,14H2,1-2H3,(H2,21,23,24). The number of guanidine groups is 1. The van der Waals surface area contributed by atoms with Crippen LogP contribution in [0.5, 0.6) is 0 Å². The van der Waals surface area contributed by atoms with Crippen LogP contribution >= 0.6 is 0 Å². The van der Waals surface area contributed by atoms with Crippen LogP contribution in [0.25, 0.3) is 10.9 Å². The number of hydrogen-bond donors (Lipinski definition) is 3. The van der Waals surface area contributed by atoms with E-state index in [9.17, 15) is 4.79 Å². The fourth-order valence-electron chi connectivity index (χ4n) is 3.36. The quantitative estimate of drug-likeness (QED) is 0.550. The average Bonchev–Trinajstić information content (AvgIpc) is 3.29. The number of rotatable bonds is 6. The van der Waals surface area contributed by atoms with Crippen LogP contribution in [-0.2, 0) is 11.2 Å². The number of aromatic amines is 1. The van der Waals surface area contributed by atoms with Gasteiger partial charge in [0.15, 0.2) is 5.96 Å². The van der Waals surface area contributed by atoms with Crippen LogP contribution in [0.3, 0.4) is 0 Å². The zero-order valence-electron chi connectivity index (χ0n) is 15.7. The van der Waals surface area contributed by atoms with Crippen LogP contribution in [0.15, 0.2) is 35.5 Å². The van der Waals surface area contributed by atoms with Crippen molar-refractivity contribution in [2.45, 2.75) is 38.1 Å². The number of likely N-dealkylation sites (N-methyl/N-ethyl adjacent to an activating group) is 1. The normalized spacial score (nSPS) is 15.4. The molecule has 6 heteroatoms. The maximum atomic E-state index is 11.9. The number of para-hydroxylation sites is 1. The Morgan fingerprint density at radius 1 is 1.27 bits per heavy atom. The molecule has 0 radical (unpaired) electrons. The number of nitrogens with one attached hydrogen (secondary N) is 3. The van der Waals surface area contributed by atoms with Gasteiger partial charge in [-0.3, -0.25) is 4.79 Å². The molecule has 3 N–H and O–H groups in total. The second-order valence-electron chi connectivity index (χ2n) is 7.11. The number of amides is 1. The highest BCUT2D eigenvalue weighted by atomic mass is 16.2. The summed E-state index contributed by atoms with van der Waals surface area (Å²) in [5.74, 6) is 0.751. The molecule has 1 aliphatic rings. The number of hydrogen-bond acceptors (Lipinski definition) is 2. The van der Waals surface area contributed by atoms with Gasteiger partial charge in [0.05, 0.1) is 0 Å². The van der Waals surface area contributed by atoms with E-state index in [1.807, 2.05) is 6.07 Å². The average molecular weight is 355 g/mol. The molecule has 1 amide bonds. The number of aliphatic imine (C=N–C) groups is 1. The molecule has 1 aromatic heterocycles. The van der Waals surface area contributed by atoms with Gasteiger partial charge in [-0.15, -0.1) is 0 Å². The van der Waals surface area contributed by atoms with Gasteiger partial charge in [-0.25, -0.2) is 4.99 Å². The fourth-order valence-corrected chi connectivity index (χ4v) is 3.36. The highest BCUT2D eigenvalue weighted by Crippen LogP contribution is 2.18. The van der Waals surface area contributed by atoms with Gasteiger partial charge in [-0.1, -0.05) is 31.0 Å². The summed E-state index contributed by atoms with van der Waals surface area (Å²) in [6.07, 6.45) is 7.84. The lowest BCUT2D eigenvalue weighted by Gasteiger charge is -2.18. The van der Waals surface area contributed by atoms with Gasteiger partial charge >= 0.3 is 0 Å². The zero-order chi connectivity index (χ0) is 18.4. The van der Waals surface area contributed by atoms with Gasteiger partial charge in [0.2, 0.25) is 5.91 Å². The van der Waals surface area contributed by atoms with Crippen molar-refractivity contribution in [3.05, 3.63) is 36.0 Å². The van der Waals surface area contributed by atoms with Crippen molar-refractivity contribution in [2.75, 3.05) is 27.2 Å². The molecule has 1 saturated carbocycles. The molecular weight excluding hydrogens is 326 g/mol. The first kappa shape index (κ1) is 18.3. The first-order valence-electron chi connectivity index (χ1n) is 9.43. The molecule has 6 nitrogen and oxygen atoms in total. The van der Waals surface area contributed by atoms with Gasteiger partial charge in [-0.2, -0.15) is 0 Å². The minimum absolute atomic E-state index is 0.00847. The van der Waals surface area contributed by atoms with Gasteiger partial charge in [0.1, 0.15) is 6.54 Å². The smallest absolute Gasteiger partial charge is 0.243 e. The lowest BCUT2D eigenvalue weighted by Crippen LogP contribution is -2.43. The Kier molecular flexibility index (Phi) is 6.15. The van der Waals surface area contributed by atoms with Crippen molar-refractivity contribution in [2.24, 2.45) is 4.99 Å². The van der Waals surface area contributed by atoms with Crippen molar-refractivity contribution in [3.8, 4) is 0 Å². The molecule has 26 heavy (non-hydrogen) atoms. The molecule has 0 atom stereocenters. The number of carbonyl (C=O) groups excluding carboxylic acids is 1. The van der Waals surface area contributed by atoms with Crippen molar-refractivity contribution in [1.82, 2.24) is 20.5 Å². The highest BCUT2D eigenvalue weighted by molar-refractivity contribution is 5.85. The molecule has 1 aromatic carbocycles. The van der Waals surface area contributed by atoms with E-state index in [2.05, 4.69) is 45.0 Å². The summed E-state index contributed by atoms with van der Waals surface area (Å²) in [5.41, 5.74) is 2.45. The molecule has 0 unspecified atom stereocenters. The monoisotopic (exact) mass is 355 g/mol. The Bertz CT molecular complexity index is 758. The van der Waals surface area contributed by atoms with Crippen LogP contribution in [0, 0.1) is 0 Å². The molecule has 1 aliphatic carbocycles. The summed E-state index contributed by atoms with van der Waals surface area (Å²) in [4.78, 5) is 21.2. The fraction of sp³-hybridized carbons (Fsp3) is 0.500. The lowest BCUT2D eigenvalue weighted by molar-refractivity contribution is -0.127. The van der Waals surface area contributed by atoms with E-state index in [-0.39, 0.29) is 12.5 Å². The largest absolute Gasteiger partial charge is 0.361 e.